The van der Waals surface area contributed by atoms with Crippen LogP contribution in [0.25, 0.3) is 21.5 Å². The summed E-state index contributed by atoms with van der Waals surface area (Å²) in [7, 11) is 0. The minimum Gasteiger partial charge on any atom is -0.493 e. The molecule has 0 radical (unpaired) electrons. The number of fused-ring (bicyclic) bond motifs is 1. The lowest BCUT2D eigenvalue weighted by atomic mass is 9.86. The van der Waals surface area contributed by atoms with Crippen LogP contribution in [0, 0.1) is 0 Å². The number of imide groups is 2. The summed E-state index contributed by atoms with van der Waals surface area (Å²) in [5, 5.41) is 45.0. The van der Waals surface area contributed by atoms with Crippen molar-refractivity contribution in [2.75, 3.05) is 59.0 Å². The molecule has 6 rings (SSSR count). The molecule has 422 valence electrons. The van der Waals surface area contributed by atoms with E-state index in [1.807, 2.05) is 6.07 Å². The Morgan fingerprint density at radius 3 is 1.45 bits per heavy atom. The highest BCUT2D eigenvalue weighted by atomic mass is 16.5. The van der Waals surface area contributed by atoms with Gasteiger partial charge in [-0.3, -0.25) is 76.9 Å². The fourth-order valence-corrected chi connectivity index (χ4v) is 8.55. The van der Waals surface area contributed by atoms with Gasteiger partial charge in [-0.1, -0.05) is 24.3 Å². The molecule has 0 fully saturated rings. The van der Waals surface area contributed by atoms with Crippen molar-refractivity contribution in [2.45, 2.75) is 57.5 Å². The van der Waals surface area contributed by atoms with Crippen molar-refractivity contribution < 1.29 is 91.9 Å². The monoisotopic (exact) mass is 1110 g/mol. The average Bonchev–Trinajstić information content (AvgIpc) is 3.41. The fourth-order valence-electron chi connectivity index (χ4n) is 8.55. The van der Waals surface area contributed by atoms with Gasteiger partial charge in [0, 0.05) is 89.7 Å². The van der Waals surface area contributed by atoms with Crippen LogP contribution in [0.15, 0.2) is 60.7 Å². The van der Waals surface area contributed by atoms with Crippen LogP contribution < -0.4 is 46.7 Å². The van der Waals surface area contributed by atoms with Gasteiger partial charge in [0.2, 0.25) is 41.4 Å². The zero-order valence-electron chi connectivity index (χ0n) is 42.8. The van der Waals surface area contributed by atoms with Gasteiger partial charge in [0.25, 0.3) is 23.6 Å². The Bertz CT molecular complexity index is 3110. The highest BCUT2D eigenvalue weighted by molar-refractivity contribution is 6.33. The molecule has 0 aromatic heterocycles. The Morgan fingerprint density at radius 2 is 0.938 bits per heavy atom. The Morgan fingerprint density at radius 1 is 0.475 bits per heavy atom. The number of carbonyl (C=O) groups is 14. The normalized spacial score (nSPS) is 13.2. The quantitative estimate of drug-likeness (QED) is 0.0217. The summed E-state index contributed by atoms with van der Waals surface area (Å²) in [4.78, 5) is 176. The van der Waals surface area contributed by atoms with Crippen LogP contribution in [-0.4, -0.2) is 179 Å². The third kappa shape index (κ3) is 15.3. The Kier molecular flexibility index (Phi) is 20.2. The number of carbonyl (C=O) groups excluding carboxylic acids is 11. The lowest BCUT2D eigenvalue weighted by Gasteiger charge is -2.31. The molecule has 2 atom stereocenters. The zero-order chi connectivity index (χ0) is 58.2. The van der Waals surface area contributed by atoms with Crippen LogP contribution >= 0.6 is 0 Å². The number of aliphatic carboxylic acids is 3. The first kappa shape index (κ1) is 59.2. The van der Waals surface area contributed by atoms with Gasteiger partial charge in [-0.2, -0.15) is 0 Å². The Labute approximate surface area is 453 Å². The molecule has 11 amide bonds. The van der Waals surface area contributed by atoms with Gasteiger partial charge in [0.15, 0.2) is 0 Å². The van der Waals surface area contributed by atoms with E-state index < -0.39 is 127 Å². The van der Waals surface area contributed by atoms with E-state index in [1.165, 1.54) is 31.2 Å². The maximum atomic E-state index is 13.7. The van der Waals surface area contributed by atoms with Crippen LogP contribution in [-0.2, 0) is 47.9 Å². The largest absolute Gasteiger partial charge is 0.493 e. The molecular weight excluding hydrogens is 1050 g/mol. The summed E-state index contributed by atoms with van der Waals surface area (Å²) in [6, 6.07) is 12.9. The molecule has 2 aliphatic heterocycles. The lowest BCUT2D eigenvalue weighted by molar-refractivity contribution is -0.141. The van der Waals surface area contributed by atoms with Gasteiger partial charge in [0.05, 0.1) is 39.1 Å². The van der Waals surface area contributed by atoms with Gasteiger partial charge >= 0.3 is 17.9 Å². The first-order valence-electron chi connectivity index (χ1n) is 24.8. The number of rotatable bonds is 30. The standard InChI is InChI=1S/C52H55N9O19/c1-27(62)58-34(22-42(67)68)47(73)54-16-5-21-80-37-9-3-6-28-29(37)7-2-8-36(28)79-20-4-10-38(63)55-25-41(66)59-35(23-43(69)70)48(74)57-24-40(65)53-17-19-61-51(77)32-13-11-30-45-31(12-14-33(46(32)45)52(61)78)50(76)60(49(30)75)18-15-39(64)56-26-44(71)72/h2-3,6-9,11-14,34-35H,4-5,10,15-26H2,1H3,(H,53,65)(H,54,73)(H,55,63)(H,56,64)(H,57,74)(H,58,62)(H,59,66)(H,67,68)(H,69,70)(H,71,72)/t34-,35+/m1/s1. The van der Waals surface area contributed by atoms with Crippen LogP contribution in [0.5, 0.6) is 11.5 Å². The summed E-state index contributed by atoms with van der Waals surface area (Å²) < 4.78 is 11.9. The fraction of sp³-hybridized carbons (Fsp3) is 0.346. The first-order chi connectivity index (χ1) is 38.1. The summed E-state index contributed by atoms with van der Waals surface area (Å²) >= 11 is 0. The van der Waals surface area contributed by atoms with Gasteiger partial charge in [0.1, 0.15) is 30.1 Å². The van der Waals surface area contributed by atoms with Crippen molar-refractivity contribution in [3.8, 4) is 11.5 Å². The second kappa shape index (κ2) is 27.3. The number of carboxylic acid groups (broad SMARTS) is 3. The van der Waals surface area contributed by atoms with Crippen LogP contribution in [0.2, 0.25) is 0 Å². The third-order valence-corrected chi connectivity index (χ3v) is 12.2. The summed E-state index contributed by atoms with van der Waals surface area (Å²) in [6.45, 7) is -1.47. The number of carboxylic acids is 3. The molecule has 0 aliphatic carbocycles. The number of amides is 11. The predicted molar refractivity (Wildman–Crippen MR) is 275 cm³/mol. The molecule has 0 unspecified atom stereocenters. The van der Waals surface area contributed by atoms with Crippen molar-refractivity contribution in [3.63, 3.8) is 0 Å². The number of benzene rings is 4. The molecule has 0 spiro atoms. The molecule has 28 nitrogen and oxygen atoms in total. The van der Waals surface area contributed by atoms with E-state index >= 15 is 0 Å². The number of hydrogen-bond acceptors (Lipinski definition) is 16. The first-order valence-corrected chi connectivity index (χ1v) is 24.8. The van der Waals surface area contributed by atoms with Crippen LogP contribution in [0.3, 0.4) is 0 Å². The summed E-state index contributed by atoms with van der Waals surface area (Å²) in [5.41, 5.74) is -0.0586. The molecule has 28 heteroatoms. The zero-order valence-corrected chi connectivity index (χ0v) is 42.8. The second-order valence-electron chi connectivity index (χ2n) is 18.0. The molecule has 0 bridgehead atoms. The van der Waals surface area contributed by atoms with Crippen LogP contribution in [0.4, 0.5) is 0 Å². The molecule has 2 heterocycles. The lowest BCUT2D eigenvalue weighted by Crippen LogP contribution is -2.52. The second-order valence-corrected chi connectivity index (χ2v) is 18.0. The molecule has 2 aliphatic rings. The number of nitrogens with zero attached hydrogens (tertiary/aromatic N) is 2. The Hall–Kier alpha value is -10.0. The van der Waals surface area contributed by atoms with E-state index in [0.29, 0.717) is 28.7 Å². The van der Waals surface area contributed by atoms with Crippen molar-refractivity contribution in [1.82, 2.24) is 47.0 Å². The van der Waals surface area contributed by atoms with E-state index in [2.05, 4.69) is 37.2 Å². The molecule has 80 heavy (non-hydrogen) atoms. The van der Waals surface area contributed by atoms with Crippen LogP contribution in [0.1, 0.15) is 86.9 Å². The van der Waals surface area contributed by atoms with E-state index in [-0.39, 0.29) is 91.7 Å². The third-order valence-electron chi connectivity index (χ3n) is 12.2. The van der Waals surface area contributed by atoms with Gasteiger partial charge in [-0.05, 0) is 49.2 Å². The predicted octanol–water partition coefficient (Wildman–Crippen LogP) is -1.19. The highest BCUT2D eigenvalue weighted by Crippen LogP contribution is 2.38. The number of nitrogens with one attached hydrogen (secondary N) is 7. The molecule has 4 aromatic rings. The maximum Gasteiger partial charge on any atom is 0.322 e. The minimum atomic E-state index is -1.67. The SMILES string of the molecule is CC(=O)N[C@H](CC(=O)O)C(=O)NCCCOc1cccc2c(OCCCC(=O)NCC(=O)N[C@@H](CC(=O)O)C(=O)NCC(=O)NCCN3C(=O)c4ccc5c6c(ccc(c46)C3=O)C(=O)N(CCC(=O)NCC(=O)O)C5=O)cccc12. The molecule has 10 N–H and O–H groups in total. The Balaban J connectivity index is 0.903. The summed E-state index contributed by atoms with van der Waals surface area (Å²) in [5.74, 6) is -11.5. The van der Waals surface area contributed by atoms with Crippen molar-refractivity contribution in [2.24, 2.45) is 0 Å². The number of hydrogen-bond donors (Lipinski definition) is 10. The van der Waals surface area contributed by atoms with Gasteiger partial charge in [-0.15, -0.1) is 0 Å². The van der Waals surface area contributed by atoms with E-state index in [0.717, 1.165) is 9.80 Å². The molecule has 4 aromatic carbocycles. The van der Waals surface area contributed by atoms with Crippen molar-refractivity contribution in [1.29, 1.82) is 0 Å². The molecular formula is C52H55N9O19. The molecule has 0 saturated carbocycles. The van der Waals surface area contributed by atoms with Crippen molar-refractivity contribution >= 4 is 104 Å². The summed E-state index contributed by atoms with van der Waals surface area (Å²) in [6.07, 6.45) is -1.36. The highest BCUT2D eigenvalue weighted by Gasteiger charge is 2.40. The van der Waals surface area contributed by atoms with E-state index in [1.54, 1.807) is 30.3 Å². The maximum absolute atomic E-state index is 13.7. The minimum absolute atomic E-state index is 0.0115. The van der Waals surface area contributed by atoms with Gasteiger partial charge in [-0.25, -0.2) is 0 Å². The topological polar surface area (TPSA) is 409 Å². The van der Waals surface area contributed by atoms with E-state index in [9.17, 15) is 72.2 Å². The van der Waals surface area contributed by atoms with Gasteiger partial charge < -0.3 is 62.0 Å². The molecule has 0 saturated heterocycles. The van der Waals surface area contributed by atoms with Crippen molar-refractivity contribution in [3.05, 3.63) is 82.9 Å². The average molecular weight is 1110 g/mol. The van der Waals surface area contributed by atoms with E-state index in [4.69, 9.17) is 19.7 Å². The number of ether oxygens (including phenoxy) is 2. The smallest absolute Gasteiger partial charge is 0.322 e.